The van der Waals surface area contributed by atoms with E-state index in [1.54, 1.807) is 11.8 Å². The molecule has 5 heteroatoms. The van der Waals surface area contributed by atoms with Crippen molar-refractivity contribution in [1.29, 1.82) is 0 Å². The van der Waals surface area contributed by atoms with E-state index in [0.29, 0.717) is 12.6 Å². The zero-order valence-electron chi connectivity index (χ0n) is 9.57. The monoisotopic (exact) mass is 238 g/mol. The van der Waals surface area contributed by atoms with E-state index < -0.39 is 0 Å². The molecular weight excluding hydrogens is 220 g/mol. The van der Waals surface area contributed by atoms with Crippen LogP contribution in [-0.2, 0) is 6.54 Å². The smallest absolute Gasteiger partial charge is 0.189 e. The van der Waals surface area contributed by atoms with Crippen LogP contribution < -0.4 is 11.1 Å². The van der Waals surface area contributed by atoms with Crippen LogP contribution in [0.15, 0.2) is 11.4 Å². The van der Waals surface area contributed by atoms with Crippen LogP contribution in [0.3, 0.4) is 0 Å². The van der Waals surface area contributed by atoms with Gasteiger partial charge < -0.3 is 11.1 Å². The molecule has 0 bridgehead atoms. The van der Waals surface area contributed by atoms with Crippen molar-refractivity contribution < 1.29 is 0 Å². The summed E-state index contributed by atoms with van der Waals surface area (Å²) in [7, 11) is 0. The molecule has 3 N–H and O–H groups in total. The second kappa shape index (κ2) is 5.50. The minimum absolute atomic E-state index is 0.490. The summed E-state index contributed by atoms with van der Waals surface area (Å²) in [6.45, 7) is 0.490. The Morgan fingerprint density at radius 2 is 2.25 bits per heavy atom. The van der Waals surface area contributed by atoms with Crippen LogP contribution in [0.5, 0.6) is 0 Å². The number of thioether (sulfide) groups is 1. The molecule has 88 valence electrons. The van der Waals surface area contributed by atoms with Gasteiger partial charge in [0.25, 0.3) is 0 Å². The highest BCUT2D eigenvalue weighted by Gasteiger charge is 2.16. The topological polar surface area (TPSA) is 63.8 Å². The molecule has 0 amide bonds. The summed E-state index contributed by atoms with van der Waals surface area (Å²) in [5.41, 5.74) is 6.69. The quantitative estimate of drug-likeness (QED) is 0.620. The first-order chi connectivity index (χ1) is 7.83. The molecule has 0 spiro atoms. The van der Waals surface area contributed by atoms with Gasteiger partial charge in [-0.25, -0.2) is 9.97 Å². The van der Waals surface area contributed by atoms with Crippen LogP contribution >= 0.6 is 11.8 Å². The normalized spacial score (nSPS) is 16.6. The van der Waals surface area contributed by atoms with Crippen molar-refractivity contribution in [1.82, 2.24) is 9.97 Å². The molecule has 4 nitrogen and oxygen atoms in total. The molecule has 1 aliphatic rings. The largest absolute Gasteiger partial charge is 0.367 e. The van der Waals surface area contributed by atoms with Crippen LogP contribution in [0.1, 0.15) is 31.2 Å². The van der Waals surface area contributed by atoms with Crippen LogP contribution in [0.25, 0.3) is 0 Å². The molecule has 1 saturated carbocycles. The lowest BCUT2D eigenvalue weighted by Gasteiger charge is -2.15. The molecule has 1 heterocycles. The van der Waals surface area contributed by atoms with E-state index >= 15 is 0 Å². The van der Waals surface area contributed by atoms with Gasteiger partial charge in [-0.15, -0.1) is 0 Å². The molecule has 1 fully saturated rings. The van der Waals surface area contributed by atoms with Gasteiger partial charge in [-0.05, 0) is 19.1 Å². The fourth-order valence-corrected chi connectivity index (χ4v) is 2.37. The van der Waals surface area contributed by atoms with E-state index in [0.717, 1.165) is 16.5 Å². The van der Waals surface area contributed by atoms with Gasteiger partial charge in [0.05, 0.1) is 0 Å². The van der Waals surface area contributed by atoms with Gasteiger partial charge in [0.2, 0.25) is 0 Å². The Morgan fingerprint density at radius 3 is 2.88 bits per heavy atom. The number of aromatic nitrogens is 2. The van der Waals surface area contributed by atoms with Crippen LogP contribution in [0, 0.1) is 0 Å². The number of nitrogens with one attached hydrogen (secondary N) is 1. The van der Waals surface area contributed by atoms with E-state index in [1.165, 1.54) is 25.7 Å². The average molecular weight is 238 g/mol. The zero-order valence-corrected chi connectivity index (χ0v) is 10.4. The van der Waals surface area contributed by atoms with Gasteiger partial charge in [-0.2, -0.15) is 0 Å². The van der Waals surface area contributed by atoms with E-state index in [9.17, 15) is 0 Å². The Bertz CT molecular complexity index is 350. The lowest BCUT2D eigenvalue weighted by Crippen LogP contribution is -2.18. The third-order valence-electron chi connectivity index (χ3n) is 2.94. The van der Waals surface area contributed by atoms with Crippen molar-refractivity contribution in [3.8, 4) is 0 Å². The summed E-state index contributed by atoms with van der Waals surface area (Å²) < 4.78 is 0. The fraction of sp³-hybridized carbons (Fsp3) is 0.636. The fourth-order valence-electron chi connectivity index (χ4n) is 2.03. The van der Waals surface area contributed by atoms with Gasteiger partial charge in [0, 0.05) is 24.3 Å². The minimum atomic E-state index is 0.490. The molecule has 0 radical (unpaired) electrons. The lowest BCUT2D eigenvalue weighted by atomic mass is 10.2. The maximum absolute atomic E-state index is 5.69. The van der Waals surface area contributed by atoms with Gasteiger partial charge >= 0.3 is 0 Å². The average Bonchev–Trinajstić information content (AvgIpc) is 2.82. The summed E-state index contributed by atoms with van der Waals surface area (Å²) in [6.07, 6.45) is 8.92. The van der Waals surface area contributed by atoms with Crippen molar-refractivity contribution in [3.63, 3.8) is 0 Å². The second-order valence-corrected chi connectivity index (χ2v) is 4.83. The molecule has 0 unspecified atom stereocenters. The number of rotatable bonds is 4. The third kappa shape index (κ3) is 2.65. The Labute approximate surface area is 100 Å². The maximum atomic E-state index is 5.69. The van der Waals surface area contributed by atoms with Crippen LogP contribution in [-0.4, -0.2) is 22.3 Å². The molecule has 0 atom stereocenters. The molecular formula is C11H18N4S. The second-order valence-electron chi connectivity index (χ2n) is 4.06. The molecule has 2 rings (SSSR count). The van der Waals surface area contributed by atoms with Crippen LogP contribution in [0.4, 0.5) is 5.82 Å². The maximum Gasteiger partial charge on any atom is 0.189 e. The zero-order chi connectivity index (χ0) is 11.4. The van der Waals surface area contributed by atoms with Gasteiger partial charge in [-0.3, -0.25) is 0 Å². The number of hydrogen-bond acceptors (Lipinski definition) is 5. The Hall–Kier alpha value is -0.810. The molecule has 1 aliphatic carbocycles. The Kier molecular flexibility index (Phi) is 4.01. The van der Waals surface area contributed by atoms with Crippen molar-refractivity contribution in [2.45, 2.75) is 43.4 Å². The molecule has 16 heavy (non-hydrogen) atoms. The van der Waals surface area contributed by atoms with E-state index in [2.05, 4.69) is 15.3 Å². The summed E-state index contributed by atoms with van der Waals surface area (Å²) in [6, 6.07) is 0.565. The van der Waals surface area contributed by atoms with Gasteiger partial charge in [0.15, 0.2) is 5.16 Å². The first-order valence-corrected chi connectivity index (χ1v) is 6.92. The summed E-state index contributed by atoms with van der Waals surface area (Å²) in [5, 5.41) is 4.29. The third-order valence-corrected chi connectivity index (χ3v) is 3.50. The first kappa shape index (κ1) is 11.7. The predicted octanol–water partition coefficient (Wildman–Crippen LogP) is 2.01. The first-order valence-electron chi connectivity index (χ1n) is 5.70. The number of nitrogens with two attached hydrogens (primary N) is 1. The van der Waals surface area contributed by atoms with Crippen molar-refractivity contribution in [2.24, 2.45) is 5.73 Å². The minimum Gasteiger partial charge on any atom is -0.367 e. The molecule has 0 aromatic carbocycles. The van der Waals surface area contributed by atoms with E-state index in [-0.39, 0.29) is 0 Å². The standard InChI is InChI=1S/C11H18N4S/c1-16-11-13-7-8(6-12)10(15-11)14-9-4-2-3-5-9/h7,9H,2-6,12H2,1H3,(H,13,14,15). The van der Waals surface area contributed by atoms with Crippen LogP contribution in [0.2, 0.25) is 0 Å². The highest BCUT2D eigenvalue weighted by molar-refractivity contribution is 7.98. The molecule has 0 saturated heterocycles. The lowest BCUT2D eigenvalue weighted by molar-refractivity contribution is 0.740. The van der Waals surface area contributed by atoms with E-state index in [4.69, 9.17) is 5.73 Å². The summed E-state index contributed by atoms with van der Waals surface area (Å²) >= 11 is 1.56. The predicted molar refractivity (Wildman–Crippen MR) is 67.6 cm³/mol. The highest BCUT2D eigenvalue weighted by Crippen LogP contribution is 2.24. The number of nitrogens with zero attached hydrogens (tertiary/aromatic N) is 2. The number of hydrogen-bond donors (Lipinski definition) is 2. The van der Waals surface area contributed by atoms with Gasteiger partial charge in [0.1, 0.15) is 5.82 Å². The summed E-state index contributed by atoms with van der Waals surface area (Å²) in [4.78, 5) is 8.72. The molecule has 0 aliphatic heterocycles. The van der Waals surface area contributed by atoms with E-state index in [1.807, 2.05) is 12.5 Å². The summed E-state index contributed by atoms with van der Waals surface area (Å²) in [5.74, 6) is 0.925. The Balaban J connectivity index is 2.15. The molecule has 1 aromatic heterocycles. The van der Waals surface area contributed by atoms with Gasteiger partial charge in [-0.1, -0.05) is 24.6 Å². The Morgan fingerprint density at radius 1 is 1.50 bits per heavy atom. The highest BCUT2D eigenvalue weighted by atomic mass is 32.2. The molecule has 1 aromatic rings. The van der Waals surface area contributed by atoms with Crippen molar-refractivity contribution in [2.75, 3.05) is 11.6 Å². The van der Waals surface area contributed by atoms with Crippen molar-refractivity contribution in [3.05, 3.63) is 11.8 Å². The van der Waals surface area contributed by atoms with Crippen molar-refractivity contribution >= 4 is 17.6 Å². The number of anilines is 1. The SMILES string of the molecule is CSc1ncc(CN)c(NC2CCCC2)n1.